The first-order valence-corrected chi connectivity index (χ1v) is 7.95. The van der Waals surface area contributed by atoms with Crippen molar-refractivity contribution in [2.75, 3.05) is 13.2 Å². The molecular formula is C17H26N2O3. The van der Waals surface area contributed by atoms with Gasteiger partial charge in [0.25, 0.3) is 5.91 Å². The summed E-state index contributed by atoms with van der Waals surface area (Å²) in [5, 5.41) is 16.1. The van der Waals surface area contributed by atoms with Crippen LogP contribution in [-0.4, -0.2) is 42.5 Å². The summed E-state index contributed by atoms with van der Waals surface area (Å²) in [4.78, 5) is 12.3. The monoisotopic (exact) mass is 306 g/mol. The minimum absolute atomic E-state index is 0.0282. The maximum atomic E-state index is 12.3. The molecule has 0 aliphatic carbocycles. The third-order valence-corrected chi connectivity index (χ3v) is 3.82. The van der Waals surface area contributed by atoms with Crippen LogP contribution < -0.4 is 10.6 Å². The van der Waals surface area contributed by atoms with Crippen LogP contribution in [0.15, 0.2) is 30.3 Å². The molecule has 1 aromatic carbocycles. The van der Waals surface area contributed by atoms with Gasteiger partial charge in [-0.05, 0) is 30.9 Å². The Labute approximate surface area is 132 Å². The first kappa shape index (κ1) is 16.9. The standard InChI is InChI=1S/C17H26N2O3/c1-12(2)10-14(11-18-15-8-9-22-17(15)21)19-16(20)13-6-4-3-5-7-13/h3-7,12,14-15,17-18,21H,8-11H2,1-2H3,(H,19,20)/t14-,15+,17?/m1/s1. The Morgan fingerprint density at radius 3 is 2.68 bits per heavy atom. The maximum absolute atomic E-state index is 12.3. The molecule has 3 atom stereocenters. The number of carbonyl (C=O) groups is 1. The molecule has 0 spiro atoms. The first-order chi connectivity index (χ1) is 10.6. The van der Waals surface area contributed by atoms with E-state index in [0.717, 1.165) is 12.8 Å². The summed E-state index contributed by atoms with van der Waals surface area (Å²) >= 11 is 0. The van der Waals surface area contributed by atoms with Crippen LogP contribution in [0, 0.1) is 5.92 Å². The van der Waals surface area contributed by atoms with E-state index in [-0.39, 0.29) is 18.0 Å². The lowest BCUT2D eigenvalue weighted by molar-refractivity contribution is -0.0718. The Morgan fingerprint density at radius 2 is 2.09 bits per heavy atom. The number of hydrogen-bond acceptors (Lipinski definition) is 4. The maximum Gasteiger partial charge on any atom is 0.251 e. The number of aliphatic hydroxyl groups excluding tert-OH is 1. The van der Waals surface area contributed by atoms with Crippen molar-refractivity contribution in [3.8, 4) is 0 Å². The minimum Gasteiger partial charge on any atom is -0.367 e. The highest BCUT2D eigenvalue weighted by Crippen LogP contribution is 2.12. The smallest absolute Gasteiger partial charge is 0.251 e. The number of rotatable bonds is 7. The predicted octanol–water partition coefficient (Wildman–Crippen LogP) is 1.53. The topological polar surface area (TPSA) is 70.6 Å². The molecule has 0 saturated carbocycles. The fraction of sp³-hybridized carbons (Fsp3) is 0.588. The van der Waals surface area contributed by atoms with E-state index in [1.165, 1.54) is 0 Å². The zero-order valence-corrected chi connectivity index (χ0v) is 13.3. The van der Waals surface area contributed by atoms with Gasteiger partial charge in [-0.25, -0.2) is 0 Å². The van der Waals surface area contributed by atoms with E-state index in [1.807, 2.05) is 30.3 Å². The predicted molar refractivity (Wildman–Crippen MR) is 85.5 cm³/mol. The summed E-state index contributed by atoms with van der Waals surface area (Å²) in [5.74, 6) is 0.420. The molecule has 1 heterocycles. The lowest BCUT2D eigenvalue weighted by Crippen LogP contribution is -2.47. The Morgan fingerprint density at radius 1 is 1.36 bits per heavy atom. The minimum atomic E-state index is -0.746. The second kappa shape index (κ2) is 8.27. The van der Waals surface area contributed by atoms with Crippen LogP contribution in [0.1, 0.15) is 37.0 Å². The van der Waals surface area contributed by atoms with Crippen molar-refractivity contribution in [1.82, 2.24) is 10.6 Å². The van der Waals surface area contributed by atoms with Gasteiger partial charge in [0.2, 0.25) is 0 Å². The molecule has 1 unspecified atom stereocenters. The SMILES string of the molecule is CC(C)C[C@H](CN[C@H]1CCOC1O)NC(=O)c1ccccc1. The Balaban J connectivity index is 1.89. The molecule has 1 aliphatic rings. The molecule has 1 saturated heterocycles. The van der Waals surface area contributed by atoms with Crippen molar-refractivity contribution >= 4 is 5.91 Å². The fourth-order valence-corrected chi connectivity index (χ4v) is 2.69. The van der Waals surface area contributed by atoms with E-state index in [0.29, 0.717) is 24.6 Å². The van der Waals surface area contributed by atoms with Gasteiger partial charge >= 0.3 is 0 Å². The van der Waals surface area contributed by atoms with E-state index in [1.54, 1.807) is 0 Å². The number of hydrogen-bond donors (Lipinski definition) is 3. The Bertz CT molecular complexity index is 464. The quantitative estimate of drug-likeness (QED) is 0.714. The molecule has 122 valence electrons. The molecule has 5 nitrogen and oxygen atoms in total. The third-order valence-electron chi connectivity index (χ3n) is 3.82. The van der Waals surface area contributed by atoms with Gasteiger partial charge in [0.05, 0.1) is 12.6 Å². The van der Waals surface area contributed by atoms with Gasteiger partial charge < -0.3 is 20.5 Å². The second-order valence-electron chi connectivity index (χ2n) is 6.23. The molecule has 1 aliphatic heterocycles. The zero-order chi connectivity index (χ0) is 15.9. The van der Waals surface area contributed by atoms with Gasteiger partial charge in [-0.2, -0.15) is 0 Å². The largest absolute Gasteiger partial charge is 0.367 e. The number of nitrogens with one attached hydrogen (secondary N) is 2. The van der Waals surface area contributed by atoms with Gasteiger partial charge in [0, 0.05) is 18.2 Å². The van der Waals surface area contributed by atoms with Gasteiger partial charge in [0.1, 0.15) is 0 Å². The van der Waals surface area contributed by atoms with E-state index in [2.05, 4.69) is 24.5 Å². The highest BCUT2D eigenvalue weighted by molar-refractivity contribution is 5.94. The second-order valence-corrected chi connectivity index (χ2v) is 6.23. The van der Waals surface area contributed by atoms with Crippen LogP contribution >= 0.6 is 0 Å². The van der Waals surface area contributed by atoms with Gasteiger partial charge in [-0.15, -0.1) is 0 Å². The normalized spacial score (nSPS) is 22.7. The summed E-state index contributed by atoms with van der Waals surface area (Å²) < 4.78 is 5.13. The molecular weight excluding hydrogens is 280 g/mol. The van der Waals surface area contributed by atoms with E-state index < -0.39 is 6.29 Å². The molecule has 1 aromatic rings. The molecule has 1 amide bonds. The average Bonchev–Trinajstić information content (AvgIpc) is 2.90. The van der Waals surface area contributed by atoms with Crippen LogP contribution in [0.2, 0.25) is 0 Å². The lowest BCUT2D eigenvalue weighted by atomic mass is 10.0. The van der Waals surface area contributed by atoms with Crippen LogP contribution in [0.3, 0.4) is 0 Å². The van der Waals surface area contributed by atoms with Gasteiger partial charge in [-0.3, -0.25) is 4.79 Å². The Hall–Kier alpha value is -1.43. The Kier molecular flexibility index (Phi) is 6.36. The average molecular weight is 306 g/mol. The van der Waals surface area contributed by atoms with Crippen molar-refractivity contribution in [2.45, 2.75) is 45.1 Å². The van der Waals surface area contributed by atoms with Crippen molar-refractivity contribution in [1.29, 1.82) is 0 Å². The molecule has 0 bridgehead atoms. The molecule has 0 aromatic heterocycles. The summed E-state index contributed by atoms with van der Waals surface area (Å²) in [5.41, 5.74) is 0.667. The molecule has 2 rings (SSSR count). The highest BCUT2D eigenvalue weighted by Gasteiger charge is 2.26. The number of carbonyl (C=O) groups excluding carboxylic acids is 1. The molecule has 22 heavy (non-hydrogen) atoms. The number of amides is 1. The first-order valence-electron chi connectivity index (χ1n) is 7.95. The summed E-state index contributed by atoms with van der Waals surface area (Å²) in [6.07, 6.45) is 0.932. The number of ether oxygens (including phenoxy) is 1. The highest BCUT2D eigenvalue weighted by atomic mass is 16.6. The molecule has 0 radical (unpaired) electrons. The van der Waals surface area contributed by atoms with E-state index >= 15 is 0 Å². The zero-order valence-electron chi connectivity index (χ0n) is 13.3. The fourth-order valence-electron chi connectivity index (χ4n) is 2.69. The van der Waals surface area contributed by atoms with Crippen LogP contribution in [0.4, 0.5) is 0 Å². The van der Waals surface area contributed by atoms with Crippen molar-refractivity contribution in [2.24, 2.45) is 5.92 Å². The number of benzene rings is 1. The van der Waals surface area contributed by atoms with Crippen molar-refractivity contribution in [3.63, 3.8) is 0 Å². The summed E-state index contributed by atoms with van der Waals surface area (Å²) in [6, 6.07) is 9.20. The van der Waals surface area contributed by atoms with E-state index in [9.17, 15) is 9.90 Å². The van der Waals surface area contributed by atoms with Crippen LogP contribution in [-0.2, 0) is 4.74 Å². The molecule has 1 fully saturated rings. The third kappa shape index (κ3) is 5.09. The van der Waals surface area contributed by atoms with Crippen LogP contribution in [0.5, 0.6) is 0 Å². The molecule has 3 N–H and O–H groups in total. The van der Waals surface area contributed by atoms with Crippen LogP contribution in [0.25, 0.3) is 0 Å². The summed E-state index contributed by atoms with van der Waals surface area (Å²) in [7, 11) is 0. The molecule has 5 heteroatoms. The van der Waals surface area contributed by atoms with Crippen molar-refractivity contribution < 1.29 is 14.6 Å². The number of aliphatic hydroxyl groups is 1. The van der Waals surface area contributed by atoms with E-state index in [4.69, 9.17) is 4.74 Å². The van der Waals surface area contributed by atoms with Gasteiger partial charge in [-0.1, -0.05) is 32.0 Å². The van der Waals surface area contributed by atoms with Gasteiger partial charge in [0.15, 0.2) is 6.29 Å². The van der Waals surface area contributed by atoms with Crippen molar-refractivity contribution in [3.05, 3.63) is 35.9 Å². The summed E-state index contributed by atoms with van der Waals surface area (Å²) in [6.45, 7) is 5.47. The lowest BCUT2D eigenvalue weighted by Gasteiger charge is -2.24.